The molecule has 0 bridgehead atoms. The first kappa shape index (κ1) is 24.0. The van der Waals surface area contributed by atoms with Crippen LogP contribution in [0.4, 0.5) is 0 Å². The van der Waals surface area contributed by atoms with Crippen LogP contribution in [-0.2, 0) is 23.1 Å². The van der Waals surface area contributed by atoms with Crippen LogP contribution in [0.25, 0.3) is 0 Å². The van der Waals surface area contributed by atoms with Crippen LogP contribution >= 0.6 is 30.4 Å². The molecule has 0 unspecified atom stereocenters. The van der Waals surface area contributed by atoms with Crippen molar-refractivity contribution in [3.05, 3.63) is 0 Å². The third kappa shape index (κ3) is 7.11. The first-order valence-electron chi connectivity index (χ1n) is 5.48. The lowest BCUT2D eigenvalue weighted by Gasteiger charge is -2.37. The molecule has 19 heteroatoms. The maximum absolute atomic E-state index is 11.3. The second-order valence-electron chi connectivity index (χ2n) is 4.43. The van der Waals surface area contributed by atoms with E-state index in [1.165, 1.54) is 0 Å². The van der Waals surface area contributed by atoms with Crippen molar-refractivity contribution in [2.24, 2.45) is 0 Å². The lowest BCUT2D eigenvalue weighted by Crippen LogP contribution is -2.44. The molecule has 0 spiro atoms. The fraction of sp³-hybridized carbons (Fsp3) is 0.800. The van der Waals surface area contributed by atoms with Gasteiger partial charge in [0.05, 0.1) is 6.42 Å². The smallest absolute Gasteiger partial charge is 0.355 e. The Labute approximate surface area is 133 Å². The summed E-state index contributed by atoms with van der Waals surface area (Å²) in [5.41, 5.74) is -6.73. The summed E-state index contributed by atoms with van der Waals surface area (Å²) in [4.78, 5) is 82.4. The summed E-state index contributed by atoms with van der Waals surface area (Å²) >= 11 is 0. The highest BCUT2D eigenvalue weighted by Crippen LogP contribution is 2.68. The van der Waals surface area contributed by atoms with Crippen molar-refractivity contribution in [1.82, 2.24) is 4.90 Å². The van der Waals surface area contributed by atoms with E-state index in [1.807, 2.05) is 0 Å². The Bertz CT molecular complexity index is 558. The summed E-state index contributed by atoms with van der Waals surface area (Å²) in [5.74, 6) is -1.73. The van der Waals surface area contributed by atoms with Crippen molar-refractivity contribution >= 4 is 36.4 Å². The maximum atomic E-state index is 11.3. The summed E-state index contributed by atoms with van der Waals surface area (Å²) < 4.78 is 45.3. The zero-order valence-corrected chi connectivity index (χ0v) is 14.9. The van der Waals surface area contributed by atoms with Crippen LogP contribution < -0.4 is 0 Å². The summed E-state index contributed by atoms with van der Waals surface area (Å²) in [7, 11) is -23.7. The number of rotatable bonds is 9. The van der Waals surface area contributed by atoms with Crippen LogP contribution in [0.5, 0.6) is 0 Å². The minimum atomic E-state index is -5.92. The minimum absolute atomic E-state index is 0.544. The van der Waals surface area contributed by atoms with Gasteiger partial charge in [0.15, 0.2) is 0 Å². The Balaban J connectivity index is 6.48. The molecule has 9 N–H and O–H groups in total. The van der Waals surface area contributed by atoms with Gasteiger partial charge in [-0.3, -0.25) is 28.0 Å². The molecule has 0 saturated heterocycles. The van der Waals surface area contributed by atoms with Gasteiger partial charge >= 0.3 is 36.4 Å². The number of carboxylic acids is 1. The SMILES string of the molecule is O=C(O)CCN(C(P(=O)(O)O)P(=O)(O)O)C(P(=O)(O)O)P(=O)(O)O. The summed E-state index contributed by atoms with van der Waals surface area (Å²) in [5, 5.41) is 8.53. The molecule has 0 rings (SSSR count). The molecule has 0 radical (unpaired) electrons. The summed E-state index contributed by atoms with van der Waals surface area (Å²) in [6, 6.07) is 0. The quantitative estimate of drug-likeness (QED) is 0.177. The van der Waals surface area contributed by atoms with E-state index < -0.39 is 65.3 Å². The predicted octanol–water partition coefficient (Wildman–Crippen LogP) is -1.96. The molecular formula is C5H15NO14P4. The number of aliphatic carboxylic acids is 1. The van der Waals surface area contributed by atoms with Crippen LogP contribution in [0.3, 0.4) is 0 Å². The van der Waals surface area contributed by atoms with E-state index in [-0.39, 0.29) is 0 Å². The third-order valence-electron chi connectivity index (χ3n) is 2.38. The molecule has 0 saturated carbocycles. The van der Waals surface area contributed by atoms with E-state index in [1.54, 1.807) is 0 Å². The highest BCUT2D eigenvalue weighted by molar-refractivity contribution is 7.72. The molecule has 0 aromatic heterocycles. The normalized spacial score (nSPS) is 14.6. The lowest BCUT2D eigenvalue weighted by atomic mass is 10.4. The monoisotopic (exact) mass is 437 g/mol. The molecule has 15 nitrogen and oxygen atoms in total. The summed E-state index contributed by atoms with van der Waals surface area (Å²) in [6.07, 6.45) is -1.19. The molecule has 0 aliphatic carbocycles. The topological polar surface area (TPSA) is 271 Å². The van der Waals surface area contributed by atoms with E-state index in [2.05, 4.69) is 0 Å². The number of hydrogen-bond donors (Lipinski definition) is 9. The van der Waals surface area contributed by atoms with Gasteiger partial charge in [-0.2, -0.15) is 0 Å². The lowest BCUT2D eigenvalue weighted by molar-refractivity contribution is -0.137. The molecule has 0 aliphatic heterocycles. The Kier molecular flexibility index (Phi) is 7.74. The van der Waals surface area contributed by atoms with Crippen LogP contribution in [0.1, 0.15) is 6.42 Å². The second-order valence-corrected chi connectivity index (χ2v) is 11.9. The van der Waals surface area contributed by atoms with Crippen LogP contribution in [-0.4, -0.2) is 72.7 Å². The Morgan fingerprint density at radius 1 is 0.708 bits per heavy atom. The number of carboxylic acid groups (broad SMARTS) is 1. The zero-order chi connectivity index (χ0) is 19.7. The van der Waals surface area contributed by atoms with Gasteiger partial charge in [0, 0.05) is 6.54 Å². The fourth-order valence-electron chi connectivity index (χ4n) is 1.74. The highest BCUT2D eigenvalue weighted by atomic mass is 31.2. The second kappa shape index (κ2) is 7.73. The Hall–Kier alpha value is 0.0300. The minimum Gasteiger partial charge on any atom is -0.481 e. The van der Waals surface area contributed by atoms with Gasteiger partial charge in [-0.15, -0.1) is 0 Å². The fourth-order valence-corrected chi connectivity index (χ4v) is 7.84. The molecule has 0 fully saturated rings. The van der Waals surface area contributed by atoms with Crippen LogP contribution in [0.15, 0.2) is 0 Å². The molecular weight excluding hydrogens is 422 g/mol. The van der Waals surface area contributed by atoms with Crippen molar-refractivity contribution in [1.29, 1.82) is 0 Å². The highest BCUT2D eigenvalue weighted by Gasteiger charge is 2.58. The van der Waals surface area contributed by atoms with E-state index in [4.69, 9.17) is 44.3 Å². The van der Waals surface area contributed by atoms with Crippen molar-refractivity contribution in [2.75, 3.05) is 6.54 Å². The maximum Gasteiger partial charge on any atom is 0.355 e. The molecule has 0 amide bonds. The average molecular weight is 437 g/mol. The number of nitrogens with zero attached hydrogens (tertiary/aromatic N) is 1. The zero-order valence-electron chi connectivity index (χ0n) is 11.4. The Morgan fingerprint density at radius 2 is 0.958 bits per heavy atom. The van der Waals surface area contributed by atoms with E-state index >= 15 is 0 Å². The molecule has 0 aromatic carbocycles. The van der Waals surface area contributed by atoms with Gasteiger partial charge in [0.2, 0.25) is 11.0 Å². The largest absolute Gasteiger partial charge is 0.481 e. The van der Waals surface area contributed by atoms with Gasteiger partial charge in [-0.25, -0.2) is 0 Å². The van der Waals surface area contributed by atoms with Gasteiger partial charge in [-0.05, 0) is 0 Å². The molecule has 0 aromatic rings. The van der Waals surface area contributed by atoms with Crippen molar-refractivity contribution in [3.63, 3.8) is 0 Å². The molecule has 0 heterocycles. The number of carbonyl (C=O) groups is 1. The Morgan fingerprint density at radius 3 is 1.12 bits per heavy atom. The van der Waals surface area contributed by atoms with Gasteiger partial charge < -0.3 is 44.3 Å². The van der Waals surface area contributed by atoms with Crippen LogP contribution in [0, 0.1) is 0 Å². The van der Waals surface area contributed by atoms with Crippen molar-refractivity contribution in [2.45, 2.75) is 17.5 Å². The summed E-state index contributed by atoms with van der Waals surface area (Å²) in [6.45, 7) is -1.38. The standard InChI is InChI=1S/C5H15NO14P4/c7-3(8)1-2-6(4(21(9,10)11)22(12,13)14)5(23(15,16)17)24(18,19)20/h4-5H,1-2H2,(H,7,8)(H2,9,10,11)(H2,12,13,14)(H2,15,16,17)(H2,18,19,20). The van der Waals surface area contributed by atoms with Crippen molar-refractivity contribution in [3.8, 4) is 0 Å². The molecule has 0 aliphatic rings. The average Bonchev–Trinajstić information content (AvgIpc) is 2.16. The van der Waals surface area contributed by atoms with E-state index in [0.717, 1.165) is 0 Å². The third-order valence-corrected chi connectivity index (χ3v) is 9.58. The van der Waals surface area contributed by atoms with Crippen molar-refractivity contribution < 1.29 is 67.3 Å². The van der Waals surface area contributed by atoms with E-state index in [0.29, 0.717) is 0 Å². The van der Waals surface area contributed by atoms with Crippen LogP contribution in [0.2, 0.25) is 0 Å². The first-order valence-corrected chi connectivity index (χ1v) is 12.2. The van der Waals surface area contributed by atoms with Gasteiger partial charge in [0.25, 0.3) is 0 Å². The molecule has 0 atom stereocenters. The molecule has 24 heavy (non-hydrogen) atoms. The first-order chi connectivity index (χ1) is 10.3. The molecule has 144 valence electrons. The van der Waals surface area contributed by atoms with Gasteiger partial charge in [0.1, 0.15) is 0 Å². The number of hydrogen-bond acceptors (Lipinski definition) is 6. The predicted molar refractivity (Wildman–Crippen MR) is 74.7 cm³/mol. The van der Waals surface area contributed by atoms with E-state index in [9.17, 15) is 23.1 Å². The van der Waals surface area contributed by atoms with Gasteiger partial charge in [-0.1, -0.05) is 0 Å².